The highest BCUT2D eigenvalue weighted by atomic mass is 16.2. The number of hydrogen-bond donors (Lipinski definition) is 2. The van der Waals surface area contributed by atoms with Crippen molar-refractivity contribution in [1.29, 1.82) is 0 Å². The number of H-pyrrole nitrogens is 1. The normalized spacial score (nSPS) is 15.6. The van der Waals surface area contributed by atoms with Crippen LogP contribution in [-0.2, 0) is 4.79 Å². The van der Waals surface area contributed by atoms with E-state index in [0.717, 1.165) is 0 Å². The van der Waals surface area contributed by atoms with Crippen LogP contribution in [0.2, 0.25) is 0 Å². The second-order valence-corrected chi connectivity index (χ2v) is 5.70. The van der Waals surface area contributed by atoms with E-state index in [2.05, 4.69) is 15.5 Å². The summed E-state index contributed by atoms with van der Waals surface area (Å²) in [5, 5.41) is 10.2. The monoisotopic (exact) mass is 314 g/mol. The molecule has 0 unspecified atom stereocenters. The van der Waals surface area contributed by atoms with Crippen LogP contribution in [0.4, 0.5) is 0 Å². The maximum Gasteiger partial charge on any atom is 0.272 e. The first-order valence-corrected chi connectivity index (χ1v) is 7.60. The Morgan fingerprint density at radius 3 is 2.52 bits per heavy atom. The number of amides is 2. The highest BCUT2D eigenvalue weighted by molar-refractivity contribution is 6.04. The van der Waals surface area contributed by atoms with E-state index in [1.807, 2.05) is 0 Å². The molecule has 0 spiro atoms. The van der Waals surface area contributed by atoms with Gasteiger partial charge in [0.15, 0.2) is 5.69 Å². The highest BCUT2D eigenvalue weighted by Crippen LogP contribution is 2.14. The molecule has 2 heterocycles. The van der Waals surface area contributed by atoms with Gasteiger partial charge in [-0.25, -0.2) is 5.10 Å². The van der Waals surface area contributed by atoms with Gasteiger partial charge < -0.3 is 10.2 Å². The Morgan fingerprint density at radius 2 is 1.87 bits per heavy atom. The number of likely N-dealkylation sites (tertiary alicyclic amines) is 1. The molecule has 1 saturated heterocycles. The lowest BCUT2D eigenvalue weighted by atomic mass is 10.0. The zero-order valence-electron chi connectivity index (χ0n) is 12.8. The number of aromatic nitrogens is 2. The Bertz CT molecular complexity index is 806. The Labute approximate surface area is 132 Å². The molecule has 1 aromatic carbocycles. The van der Waals surface area contributed by atoms with Gasteiger partial charge in [0.1, 0.15) is 0 Å². The molecule has 0 bridgehead atoms. The fourth-order valence-corrected chi connectivity index (χ4v) is 2.88. The predicted octanol–water partition coefficient (Wildman–Crippen LogP) is 0.664. The average molecular weight is 314 g/mol. The Balaban J connectivity index is 1.76. The van der Waals surface area contributed by atoms with E-state index in [0.29, 0.717) is 36.7 Å². The van der Waals surface area contributed by atoms with E-state index in [9.17, 15) is 14.4 Å². The Kier molecular flexibility index (Phi) is 4.10. The molecule has 1 aliphatic heterocycles. The summed E-state index contributed by atoms with van der Waals surface area (Å²) >= 11 is 0. The number of fused-ring (bicyclic) bond motifs is 1. The summed E-state index contributed by atoms with van der Waals surface area (Å²) in [6.07, 6.45) is 1.43. The summed E-state index contributed by atoms with van der Waals surface area (Å²) in [6.45, 7) is 2.83. The third kappa shape index (κ3) is 3.08. The number of carbonyl (C=O) groups is 2. The summed E-state index contributed by atoms with van der Waals surface area (Å²) < 4.78 is 0. The van der Waals surface area contributed by atoms with Gasteiger partial charge in [-0.3, -0.25) is 14.4 Å². The van der Waals surface area contributed by atoms with Gasteiger partial charge in [-0.2, -0.15) is 5.10 Å². The lowest BCUT2D eigenvalue weighted by Gasteiger charge is -2.31. The molecular weight excluding hydrogens is 296 g/mol. The fourth-order valence-electron chi connectivity index (χ4n) is 2.88. The minimum absolute atomic E-state index is 0.00518. The summed E-state index contributed by atoms with van der Waals surface area (Å²) in [5.41, 5.74) is -0.0962. The van der Waals surface area contributed by atoms with Crippen LogP contribution in [0.5, 0.6) is 0 Å². The number of piperidine rings is 1. The van der Waals surface area contributed by atoms with Crippen LogP contribution in [0.1, 0.15) is 30.3 Å². The van der Waals surface area contributed by atoms with E-state index in [-0.39, 0.29) is 29.1 Å². The van der Waals surface area contributed by atoms with Gasteiger partial charge in [0, 0.05) is 31.4 Å². The standard InChI is InChI=1S/C16H18N4O3/c1-10(21)20-8-6-11(7-9-20)17-16(23)14-12-4-2-3-5-13(12)15(22)19-18-14/h2-5,11H,6-9H2,1H3,(H,17,23)(H,19,22). The SMILES string of the molecule is CC(=O)N1CCC(NC(=O)c2n[nH]c(=O)c3ccccc23)CC1. The van der Waals surface area contributed by atoms with Gasteiger partial charge in [-0.05, 0) is 18.9 Å². The van der Waals surface area contributed by atoms with Crippen molar-refractivity contribution in [3.05, 3.63) is 40.3 Å². The van der Waals surface area contributed by atoms with E-state index in [4.69, 9.17) is 0 Å². The molecule has 1 aromatic heterocycles. The van der Waals surface area contributed by atoms with Crippen molar-refractivity contribution in [2.75, 3.05) is 13.1 Å². The highest BCUT2D eigenvalue weighted by Gasteiger charge is 2.23. The number of aromatic amines is 1. The molecule has 1 aliphatic rings. The maximum absolute atomic E-state index is 12.5. The van der Waals surface area contributed by atoms with Crippen LogP contribution in [0, 0.1) is 0 Å². The Morgan fingerprint density at radius 1 is 1.22 bits per heavy atom. The first kappa shape index (κ1) is 15.2. The molecule has 0 atom stereocenters. The molecule has 0 saturated carbocycles. The molecule has 2 aromatic rings. The van der Waals surface area contributed by atoms with Crippen molar-refractivity contribution in [2.24, 2.45) is 0 Å². The molecule has 0 radical (unpaired) electrons. The number of nitrogens with zero attached hydrogens (tertiary/aromatic N) is 2. The zero-order valence-corrected chi connectivity index (χ0v) is 12.8. The van der Waals surface area contributed by atoms with E-state index in [1.165, 1.54) is 0 Å². The van der Waals surface area contributed by atoms with E-state index < -0.39 is 0 Å². The number of nitrogens with one attached hydrogen (secondary N) is 2. The topological polar surface area (TPSA) is 95.2 Å². The molecular formula is C16H18N4O3. The molecule has 0 aliphatic carbocycles. The summed E-state index contributed by atoms with van der Waals surface area (Å²) in [7, 11) is 0. The predicted molar refractivity (Wildman–Crippen MR) is 85.1 cm³/mol. The number of hydrogen-bond acceptors (Lipinski definition) is 4. The maximum atomic E-state index is 12.5. The lowest BCUT2D eigenvalue weighted by molar-refractivity contribution is -0.129. The molecule has 120 valence electrons. The van der Waals surface area contributed by atoms with Crippen LogP contribution in [-0.4, -0.2) is 46.0 Å². The molecule has 2 amide bonds. The van der Waals surface area contributed by atoms with Gasteiger partial charge >= 0.3 is 0 Å². The third-order valence-corrected chi connectivity index (χ3v) is 4.19. The summed E-state index contributed by atoms with van der Waals surface area (Å²) in [5.74, 6) is -0.248. The molecule has 7 heteroatoms. The van der Waals surface area contributed by atoms with Crippen molar-refractivity contribution < 1.29 is 9.59 Å². The first-order chi connectivity index (χ1) is 11.1. The number of rotatable bonds is 2. The molecule has 1 fully saturated rings. The zero-order chi connectivity index (χ0) is 16.4. The first-order valence-electron chi connectivity index (χ1n) is 7.60. The van der Waals surface area contributed by atoms with Crippen LogP contribution in [0.15, 0.2) is 29.1 Å². The lowest BCUT2D eigenvalue weighted by Crippen LogP contribution is -2.46. The minimum atomic E-state index is -0.313. The quantitative estimate of drug-likeness (QED) is 0.851. The van der Waals surface area contributed by atoms with Crippen molar-refractivity contribution in [2.45, 2.75) is 25.8 Å². The second kappa shape index (κ2) is 6.20. The number of carbonyl (C=O) groups excluding carboxylic acids is 2. The van der Waals surface area contributed by atoms with Gasteiger partial charge in [-0.1, -0.05) is 18.2 Å². The van der Waals surface area contributed by atoms with Gasteiger partial charge in [0.2, 0.25) is 5.91 Å². The van der Waals surface area contributed by atoms with Crippen LogP contribution < -0.4 is 10.9 Å². The van der Waals surface area contributed by atoms with Crippen LogP contribution >= 0.6 is 0 Å². The molecule has 2 N–H and O–H groups in total. The third-order valence-electron chi connectivity index (χ3n) is 4.19. The van der Waals surface area contributed by atoms with Crippen LogP contribution in [0.25, 0.3) is 10.8 Å². The minimum Gasteiger partial charge on any atom is -0.348 e. The Hall–Kier alpha value is -2.70. The van der Waals surface area contributed by atoms with Crippen LogP contribution in [0.3, 0.4) is 0 Å². The molecule has 23 heavy (non-hydrogen) atoms. The van der Waals surface area contributed by atoms with Crippen molar-refractivity contribution >= 4 is 22.6 Å². The number of benzene rings is 1. The van der Waals surface area contributed by atoms with Gasteiger partial charge in [0.25, 0.3) is 11.5 Å². The van der Waals surface area contributed by atoms with Gasteiger partial charge in [0.05, 0.1) is 5.39 Å². The fraction of sp³-hybridized carbons (Fsp3) is 0.375. The van der Waals surface area contributed by atoms with E-state index >= 15 is 0 Å². The smallest absolute Gasteiger partial charge is 0.272 e. The van der Waals surface area contributed by atoms with Crippen molar-refractivity contribution in [3.8, 4) is 0 Å². The van der Waals surface area contributed by atoms with Crippen molar-refractivity contribution in [3.63, 3.8) is 0 Å². The van der Waals surface area contributed by atoms with Crippen molar-refractivity contribution in [1.82, 2.24) is 20.4 Å². The van der Waals surface area contributed by atoms with Gasteiger partial charge in [-0.15, -0.1) is 0 Å². The molecule has 3 rings (SSSR count). The average Bonchev–Trinajstić information content (AvgIpc) is 2.56. The largest absolute Gasteiger partial charge is 0.348 e. The summed E-state index contributed by atoms with van der Waals surface area (Å²) in [6, 6.07) is 6.90. The summed E-state index contributed by atoms with van der Waals surface area (Å²) in [4.78, 5) is 37.3. The van der Waals surface area contributed by atoms with E-state index in [1.54, 1.807) is 36.1 Å². The molecule has 7 nitrogen and oxygen atoms in total. The second-order valence-electron chi connectivity index (χ2n) is 5.70.